The normalized spacial score (nSPS) is 15.6. The summed E-state index contributed by atoms with van der Waals surface area (Å²) in [5.41, 5.74) is 6.88. The molecular formula is C11H15NOS. The monoisotopic (exact) mass is 209 g/mol. The largest absolute Gasteiger partial charge is 0.490 e. The minimum Gasteiger partial charge on any atom is -0.490 e. The van der Waals surface area contributed by atoms with Crippen molar-refractivity contribution in [1.29, 1.82) is 0 Å². The van der Waals surface area contributed by atoms with E-state index in [0.29, 0.717) is 12.6 Å². The molecule has 1 aliphatic rings. The number of benzene rings is 1. The number of rotatable bonds is 4. The van der Waals surface area contributed by atoms with Crippen molar-refractivity contribution in [2.24, 2.45) is 5.73 Å². The van der Waals surface area contributed by atoms with Gasteiger partial charge in [-0.2, -0.15) is 0 Å². The Balaban J connectivity index is 2.26. The van der Waals surface area contributed by atoms with E-state index < -0.39 is 0 Å². The Hall–Kier alpha value is -0.670. The Labute approximate surface area is 88.8 Å². The van der Waals surface area contributed by atoms with Crippen LogP contribution in [0.1, 0.15) is 18.4 Å². The first-order valence-corrected chi connectivity index (χ1v) is 6.10. The van der Waals surface area contributed by atoms with Crippen LogP contribution in [-0.4, -0.2) is 12.4 Å². The molecule has 0 spiro atoms. The molecule has 0 aromatic heterocycles. The number of thioether (sulfide) groups is 1. The average Bonchev–Trinajstić information content (AvgIpc) is 3.01. The van der Waals surface area contributed by atoms with Crippen molar-refractivity contribution in [1.82, 2.24) is 0 Å². The summed E-state index contributed by atoms with van der Waals surface area (Å²) < 4.78 is 5.80. The number of ether oxygens (including phenoxy) is 1. The molecule has 0 radical (unpaired) electrons. The van der Waals surface area contributed by atoms with Gasteiger partial charge in [0.2, 0.25) is 0 Å². The highest BCUT2D eigenvalue weighted by atomic mass is 32.2. The number of hydrogen-bond donors (Lipinski definition) is 1. The van der Waals surface area contributed by atoms with Crippen LogP contribution in [0.3, 0.4) is 0 Å². The van der Waals surface area contributed by atoms with Crippen LogP contribution in [0.15, 0.2) is 23.1 Å². The van der Waals surface area contributed by atoms with Crippen LogP contribution >= 0.6 is 11.8 Å². The summed E-state index contributed by atoms with van der Waals surface area (Å²) >= 11 is 1.72. The standard InChI is InChI=1S/C11H15NOS/c1-14-11-4-2-3-10(9(11)7-12)13-8-5-6-8/h2-4,8H,5-7,12H2,1H3. The molecule has 0 atom stereocenters. The molecule has 0 saturated heterocycles. The first-order chi connectivity index (χ1) is 6.85. The quantitative estimate of drug-likeness (QED) is 0.773. The molecule has 0 heterocycles. The maximum Gasteiger partial charge on any atom is 0.125 e. The molecule has 1 aliphatic carbocycles. The van der Waals surface area contributed by atoms with Gasteiger partial charge < -0.3 is 10.5 Å². The summed E-state index contributed by atoms with van der Waals surface area (Å²) in [4.78, 5) is 1.23. The van der Waals surface area contributed by atoms with E-state index in [2.05, 4.69) is 12.3 Å². The van der Waals surface area contributed by atoms with Gasteiger partial charge in [0.1, 0.15) is 5.75 Å². The smallest absolute Gasteiger partial charge is 0.125 e. The highest BCUT2D eigenvalue weighted by molar-refractivity contribution is 7.98. The minimum absolute atomic E-state index is 0.442. The lowest BCUT2D eigenvalue weighted by molar-refractivity contribution is 0.299. The topological polar surface area (TPSA) is 35.2 Å². The average molecular weight is 209 g/mol. The van der Waals surface area contributed by atoms with Crippen molar-refractivity contribution in [2.45, 2.75) is 30.4 Å². The SMILES string of the molecule is CSc1cccc(OC2CC2)c1CN. The number of hydrogen-bond acceptors (Lipinski definition) is 3. The first-order valence-electron chi connectivity index (χ1n) is 4.87. The van der Waals surface area contributed by atoms with Gasteiger partial charge in [0.05, 0.1) is 6.10 Å². The summed E-state index contributed by atoms with van der Waals surface area (Å²) in [7, 11) is 0. The van der Waals surface area contributed by atoms with Gasteiger partial charge in [-0.15, -0.1) is 11.8 Å². The zero-order chi connectivity index (χ0) is 9.97. The maximum absolute atomic E-state index is 5.80. The summed E-state index contributed by atoms with van der Waals surface area (Å²) in [6.45, 7) is 0.555. The summed E-state index contributed by atoms with van der Waals surface area (Å²) in [5.74, 6) is 0.974. The maximum atomic E-state index is 5.80. The van der Waals surface area contributed by atoms with Crippen molar-refractivity contribution >= 4 is 11.8 Å². The summed E-state index contributed by atoms with van der Waals surface area (Å²) in [6.07, 6.45) is 4.88. The molecule has 14 heavy (non-hydrogen) atoms. The van der Waals surface area contributed by atoms with Gasteiger partial charge in [-0.1, -0.05) is 6.07 Å². The van der Waals surface area contributed by atoms with Crippen molar-refractivity contribution in [3.05, 3.63) is 23.8 Å². The van der Waals surface area contributed by atoms with Gasteiger partial charge in [-0.25, -0.2) is 0 Å². The van der Waals surface area contributed by atoms with E-state index in [1.54, 1.807) is 11.8 Å². The second kappa shape index (κ2) is 4.24. The molecule has 2 N–H and O–H groups in total. The summed E-state index contributed by atoms with van der Waals surface area (Å²) in [5, 5.41) is 0. The van der Waals surface area contributed by atoms with E-state index in [-0.39, 0.29) is 0 Å². The van der Waals surface area contributed by atoms with Gasteiger partial charge >= 0.3 is 0 Å². The van der Waals surface area contributed by atoms with Gasteiger partial charge in [0, 0.05) is 17.0 Å². The molecule has 0 unspecified atom stereocenters. The molecule has 76 valence electrons. The van der Waals surface area contributed by atoms with Gasteiger partial charge in [-0.3, -0.25) is 0 Å². The molecule has 2 rings (SSSR count). The fraction of sp³-hybridized carbons (Fsp3) is 0.455. The molecule has 1 aromatic rings. The lowest BCUT2D eigenvalue weighted by Gasteiger charge is -2.12. The molecule has 3 heteroatoms. The van der Waals surface area contributed by atoms with Crippen molar-refractivity contribution in [3.8, 4) is 5.75 Å². The van der Waals surface area contributed by atoms with E-state index >= 15 is 0 Å². The van der Waals surface area contributed by atoms with Crippen LogP contribution in [0.5, 0.6) is 5.75 Å². The zero-order valence-electron chi connectivity index (χ0n) is 8.32. The molecular weight excluding hydrogens is 194 g/mol. The van der Waals surface area contributed by atoms with Crippen LogP contribution in [-0.2, 0) is 6.54 Å². The van der Waals surface area contributed by atoms with E-state index in [1.165, 1.54) is 17.7 Å². The Morgan fingerprint density at radius 1 is 1.50 bits per heavy atom. The second-order valence-corrected chi connectivity index (χ2v) is 4.31. The third kappa shape index (κ3) is 2.04. The van der Waals surface area contributed by atoms with Gasteiger partial charge in [-0.05, 0) is 31.2 Å². The molecule has 1 fully saturated rings. The Morgan fingerprint density at radius 3 is 2.86 bits per heavy atom. The van der Waals surface area contributed by atoms with Gasteiger partial charge in [0.25, 0.3) is 0 Å². The Morgan fingerprint density at radius 2 is 2.29 bits per heavy atom. The Bertz CT molecular complexity index is 323. The van der Waals surface area contributed by atoms with Crippen LogP contribution < -0.4 is 10.5 Å². The van der Waals surface area contributed by atoms with Crippen LogP contribution in [0.2, 0.25) is 0 Å². The van der Waals surface area contributed by atoms with Gasteiger partial charge in [0.15, 0.2) is 0 Å². The van der Waals surface area contributed by atoms with Crippen molar-refractivity contribution < 1.29 is 4.74 Å². The molecule has 0 amide bonds. The molecule has 0 aliphatic heterocycles. The van der Waals surface area contributed by atoms with E-state index in [1.807, 2.05) is 12.1 Å². The van der Waals surface area contributed by atoms with E-state index in [4.69, 9.17) is 10.5 Å². The molecule has 0 bridgehead atoms. The van der Waals surface area contributed by atoms with Crippen molar-refractivity contribution in [2.75, 3.05) is 6.26 Å². The van der Waals surface area contributed by atoms with Crippen LogP contribution in [0.4, 0.5) is 0 Å². The fourth-order valence-electron chi connectivity index (χ4n) is 1.41. The fourth-order valence-corrected chi connectivity index (χ4v) is 2.06. The first kappa shape index (κ1) is 9.87. The predicted octanol–water partition coefficient (Wildman–Crippen LogP) is 2.41. The van der Waals surface area contributed by atoms with E-state index in [0.717, 1.165) is 11.3 Å². The van der Waals surface area contributed by atoms with Crippen LogP contribution in [0.25, 0.3) is 0 Å². The Kier molecular flexibility index (Phi) is 2.99. The molecule has 1 aromatic carbocycles. The highest BCUT2D eigenvalue weighted by Gasteiger charge is 2.24. The zero-order valence-corrected chi connectivity index (χ0v) is 9.14. The minimum atomic E-state index is 0.442. The molecule has 2 nitrogen and oxygen atoms in total. The summed E-state index contributed by atoms with van der Waals surface area (Å²) in [6, 6.07) is 6.13. The third-order valence-corrected chi connectivity index (χ3v) is 3.15. The second-order valence-electron chi connectivity index (χ2n) is 3.46. The van der Waals surface area contributed by atoms with E-state index in [9.17, 15) is 0 Å². The predicted molar refractivity (Wildman–Crippen MR) is 59.8 cm³/mol. The highest BCUT2D eigenvalue weighted by Crippen LogP contribution is 2.33. The number of nitrogens with two attached hydrogens (primary N) is 1. The lowest BCUT2D eigenvalue weighted by Crippen LogP contribution is -2.05. The lowest BCUT2D eigenvalue weighted by atomic mass is 10.2. The third-order valence-electron chi connectivity index (χ3n) is 2.33. The van der Waals surface area contributed by atoms with Crippen LogP contribution in [0, 0.1) is 0 Å². The molecule has 1 saturated carbocycles. The van der Waals surface area contributed by atoms with Crippen molar-refractivity contribution in [3.63, 3.8) is 0 Å².